The van der Waals surface area contributed by atoms with Gasteiger partial charge in [0.25, 0.3) is 5.91 Å². The Morgan fingerprint density at radius 3 is 2.79 bits per heavy atom. The van der Waals surface area contributed by atoms with Gasteiger partial charge in [0.1, 0.15) is 17.7 Å². The minimum absolute atomic E-state index is 0.00646. The van der Waals surface area contributed by atoms with Gasteiger partial charge in [-0.1, -0.05) is 35.0 Å². The van der Waals surface area contributed by atoms with E-state index < -0.39 is 11.7 Å². The highest BCUT2D eigenvalue weighted by Gasteiger charge is 2.27. The first kappa shape index (κ1) is 18.5. The van der Waals surface area contributed by atoms with Crippen LogP contribution in [0.5, 0.6) is 0 Å². The van der Waals surface area contributed by atoms with Crippen LogP contribution in [0.25, 0.3) is 0 Å². The number of fused-ring (bicyclic) bond motifs is 1. The van der Waals surface area contributed by atoms with Crippen LogP contribution in [0.3, 0.4) is 0 Å². The molecule has 2 heterocycles. The zero-order chi connectivity index (χ0) is 19.7. The predicted molar refractivity (Wildman–Crippen MR) is 96.5 cm³/mol. The normalized spacial score (nSPS) is 15.9. The van der Waals surface area contributed by atoms with Gasteiger partial charge in [-0.2, -0.15) is 0 Å². The summed E-state index contributed by atoms with van der Waals surface area (Å²) < 4.78 is 33.7. The number of hydrogen-bond donors (Lipinski definition) is 1. The topological polar surface area (TPSA) is 69.0 Å². The number of hydrogen-bond acceptors (Lipinski definition) is 4. The fourth-order valence-electron chi connectivity index (χ4n) is 2.98. The summed E-state index contributed by atoms with van der Waals surface area (Å²) in [6.07, 6.45) is -0.299. The van der Waals surface area contributed by atoms with Crippen LogP contribution in [0.4, 0.5) is 8.78 Å². The second kappa shape index (κ2) is 7.65. The van der Waals surface area contributed by atoms with Crippen molar-refractivity contribution in [1.29, 1.82) is 0 Å². The van der Waals surface area contributed by atoms with Crippen molar-refractivity contribution in [3.8, 4) is 0 Å². The van der Waals surface area contributed by atoms with Gasteiger partial charge in [-0.15, -0.1) is 5.10 Å². The average molecular weight is 405 g/mol. The number of nitrogens with one attached hydrogen (secondary N) is 1. The molecule has 1 aliphatic heterocycles. The molecule has 1 aliphatic rings. The lowest BCUT2D eigenvalue weighted by Gasteiger charge is -2.24. The van der Waals surface area contributed by atoms with Crippen molar-refractivity contribution in [3.05, 3.63) is 81.6 Å². The van der Waals surface area contributed by atoms with E-state index in [9.17, 15) is 13.6 Å². The van der Waals surface area contributed by atoms with Crippen molar-refractivity contribution in [2.75, 3.05) is 0 Å². The van der Waals surface area contributed by atoms with Crippen LogP contribution in [0.2, 0.25) is 5.02 Å². The van der Waals surface area contributed by atoms with E-state index in [0.717, 1.165) is 5.56 Å². The van der Waals surface area contributed by atoms with Crippen LogP contribution in [0.1, 0.15) is 33.4 Å². The van der Waals surface area contributed by atoms with Crippen LogP contribution < -0.4 is 5.32 Å². The summed E-state index contributed by atoms with van der Waals surface area (Å²) >= 11 is 5.75. The molecule has 0 saturated heterocycles. The molecule has 0 saturated carbocycles. The number of ether oxygens (including phenoxy) is 1. The van der Waals surface area contributed by atoms with Gasteiger partial charge in [-0.25, -0.2) is 13.5 Å². The monoisotopic (exact) mass is 404 g/mol. The van der Waals surface area contributed by atoms with Crippen molar-refractivity contribution in [3.63, 3.8) is 0 Å². The van der Waals surface area contributed by atoms with Crippen LogP contribution in [-0.2, 0) is 24.4 Å². The Morgan fingerprint density at radius 1 is 1.25 bits per heavy atom. The number of halogens is 3. The van der Waals surface area contributed by atoms with E-state index in [1.807, 2.05) is 0 Å². The van der Waals surface area contributed by atoms with E-state index >= 15 is 0 Å². The summed E-state index contributed by atoms with van der Waals surface area (Å²) in [4.78, 5) is 12.5. The zero-order valence-electron chi connectivity index (χ0n) is 14.5. The highest BCUT2D eigenvalue weighted by Crippen LogP contribution is 2.27. The molecule has 0 bridgehead atoms. The molecule has 28 heavy (non-hydrogen) atoms. The number of amides is 1. The molecule has 3 aromatic rings. The van der Waals surface area contributed by atoms with E-state index in [1.165, 1.54) is 24.3 Å². The highest BCUT2D eigenvalue weighted by molar-refractivity contribution is 6.30. The van der Waals surface area contributed by atoms with Gasteiger partial charge in [0.2, 0.25) is 0 Å². The van der Waals surface area contributed by atoms with E-state index in [-0.39, 0.29) is 35.8 Å². The molecule has 1 amide bonds. The lowest BCUT2D eigenvalue weighted by molar-refractivity contribution is -0.00180. The number of nitrogens with zero attached hydrogens (tertiary/aromatic N) is 3. The maximum Gasteiger partial charge on any atom is 0.274 e. The van der Waals surface area contributed by atoms with E-state index in [4.69, 9.17) is 16.3 Å². The van der Waals surface area contributed by atoms with Crippen molar-refractivity contribution in [2.24, 2.45) is 0 Å². The van der Waals surface area contributed by atoms with E-state index in [1.54, 1.807) is 22.9 Å². The standard InChI is InChI=1S/C19H15ClF2N4O2/c20-14-7-11(1-6-15(14)22)8-23-19(27)18-16-10-28-17(9-26(16)25-24-18)12-2-4-13(21)5-3-12/h1-7,17H,8-10H2,(H,23,27). The minimum atomic E-state index is -0.517. The average Bonchev–Trinajstić information content (AvgIpc) is 3.12. The molecule has 9 heteroatoms. The maximum absolute atomic E-state index is 13.2. The number of carbonyl (C=O) groups excluding carboxylic acids is 1. The molecule has 6 nitrogen and oxygen atoms in total. The number of aromatic nitrogens is 3. The lowest BCUT2D eigenvalue weighted by Crippen LogP contribution is -2.27. The number of rotatable bonds is 4. The van der Waals surface area contributed by atoms with Crippen molar-refractivity contribution in [1.82, 2.24) is 20.3 Å². The summed E-state index contributed by atoms with van der Waals surface area (Å²) in [5.41, 5.74) is 2.22. The third-order valence-electron chi connectivity index (χ3n) is 4.49. The van der Waals surface area contributed by atoms with Gasteiger partial charge >= 0.3 is 0 Å². The second-order valence-corrected chi connectivity index (χ2v) is 6.76. The molecule has 0 spiro atoms. The number of benzene rings is 2. The third-order valence-corrected chi connectivity index (χ3v) is 4.78. The quantitative estimate of drug-likeness (QED) is 0.723. The van der Waals surface area contributed by atoms with Gasteiger partial charge < -0.3 is 10.1 Å². The van der Waals surface area contributed by atoms with Crippen molar-refractivity contribution in [2.45, 2.75) is 25.8 Å². The fraction of sp³-hybridized carbons (Fsp3) is 0.211. The Hall–Kier alpha value is -2.84. The summed E-state index contributed by atoms with van der Waals surface area (Å²) in [6, 6.07) is 10.3. The predicted octanol–water partition coefficient (Wildman–Crippen LogP) is 3.41. The largest absolute Gasteiger partial charge is 0.365 e. The molecule has 1 unspecified atom stereocenters. The van der Waals surface area contributed by atoms with E-state index in [2.05, 4.69) is 15.6 Å². The molecule has 1 N–H and O–H groups in total. The van der Waals surface area contributed by atoms with Crippen LogP contribution in [0, 0.1) is 11.6 Å². The van der Waals surface area contributed by atoms with Gasteiger partial charge in [-0.3, -0.25) is 4.79 Å². The van der Waals surface area contributed by atoms with Crippen molar-refractivity contribution >= 4 is 17.5 Å². The minimum Gasteiger partial charge on any atom is -0.365 e. The smallest absolute Gasteiger partial charge is 0.274 e. The number of carbonyl (C=O) groups is 1. The van der Waals surface area contributed by atoms with Crippen LogP contribution in [-0.4, -0.2) is 20.9 Å². The first-order valence-electron chi connectivity index (χ1n) is 8.53. The lowest BCUT2D eigenvalue weighted by atomic mass is 10.1. The molecule has 4 rings (SSSR count). The summed E-state index contributed by atoms with van der Waals surface area (Å²) in [5.74, 6) is -1.25. The van der Waals surface area contributed by atoms with Gasteiger partial charge in [0, 0.05) is 6.54 Å². The van der Waals surface area contributed by atoms with E-state index in [0.29, 0.717) is 17.8 Å². The van der Waals surface area contributed by atoms with Crippen LogP contribution >= 0.6 is 11.6 Å². The van der Waals surface area contributed by atoms with Gasteiger partial charge in [-0.05, 0) is 35.4 Å². The second-order valence-electron chi connectivity index (χ2n) is 6.35. The third kappa shape index (κ3) is 3.74. The summed E-state index contributed by atoms with van der Waals surface area (Å²) in [6.45, 7) is 0.694. The zero-order valence-corrected chi connectivity index (χ0v) is 15.3. The summed E-state index contributed by atoms with van der Waals surface area (Å²) in [7, 11) is 0. The molecule has 2 aromatic carbocycles. The Kier molecular flexibility index (Phi) is 5.06. The SMILES string of the molecule is O=C(NCc1ccc(F)c(Cl)c1)c1nnn2c1COC(c1ccc(F)cc1)C2. The Labute approximate surface area is 164 Å². The fourth-order valence-corrected chi connectivity index (χ4v) is 3.19. The van der Waals surface area contributed by atoms with Gasteiger partial charge in [0.15, 0.2) is 5.69 Å². The van der Waals surface area contributed by atoms with Crippen molar-refractivity contribution < 1.29 is 18.3 Å². The molecule has 1 atom stereocenters. The molecular formula is C19H15ClF2N4O2. The Bertz CT molecular complexity index is 1020. The molecular weight excluding hydrogens is 390 g/mol. The summed E-state index contributed by atoms with van der Waals surface area (Å²) in [5, 5.41) is 10.7. The molecule has 1 aromatic heterocycles. The maximum atomic E-state index is 13.2. The highest BCUT2D eigenvalue weighted by atomic mass is 35.5. The molecule has 144 valence electrons. The van der Waals surface area contributed by atoms with Crippen LogP contribution in [0.15, 0.2) is 42.5 Å². The Balaban J connectivity index is 1.44. The molecule has 0 radical (unpaired) electrons. The van der Waals surface area contributed by atoms with Gasteiger partial charge in [0.05, 0.1) is 23.9 Å². The Morgan fingerprint density at radius 2 is 2.04 bits per heavy atom. The first-order valence-corrected chi connectivity index (χ1v) is 8.90. The first-order chi connectivity index (χ1) is 13.5. The molecule has 0 fully saturated rings. The molecule has 0 aliphatic carbocycles.